The summed E-state index contributed by atoms with van der Waals surface area (Å²) in [6.07, 6.45) is 12.6. The number of benzene rings is 2. The summed E-state index contributed by atoms with van der Waals surface area (Å²) in [5.74, 6) is 1.03. The summed E-state index contributed by atoms with van der Waals surface area (Å²) in [4.78, 5) is 0. The van der Waals surface area contributed by atoms with E-state index in [4.69, 9.17) is 0 Å². The molecule has 0 spiro atoms. The van der Waals surface area contributed by atoms with Crippen LogP contribution in [0.4, 0.5) is 8.78 Å². The summed E-state index contributed by atoms with van der Waals surface area (Å²) in [6, 6.07) is 12.6. The molecule has 2 aliphatic rings. The van der Waals surface area contributed by atoms with Crippen LogP contribution in [0.5, 0.6) is 0 Å². The molecular formula is C24H28F2. The average molecular weight is 354 g/mol. The van der Waals surface area contributed by atoms with Gasteiger partial charge in [0.15, 0.2) is 11.6 Å². The maximum atomic E-state index is 13.4. The van der Waals surface area contributed by atoms with E-state index in [1.54, 1.807) is 6.07 Å². The van der Waals surface area contributed by atoms with Crippen LogP contribution in [0.25, 0.3) is 11.1 Å². The van der Waals surface area contributed by atoms with E-state index in [0.29, 0.717) is 5.92 Å². The molecule has 0 aromatic heterocycles. The van der Waals surface area contributed by atoms with E-state index in [0.717, 1.165) is 23.0 Å². The summed E-state index contributed by atoms with van der Waals surface area (Å²) < 4.78 is 26.5. The van der Waals surface area contributed by atoms with E-state index in [1.807, 2.05) is 12.1 Å². The highest BCUT2D eigenvalue weighted by molar-refractivity contribution is 5.63. The minimum Gasteiger partial charge on any atom is -0.204 e. The number of hydrogen-bond donors (Lipinski definition) is 0. The lowest BCUT2D eigenvalue weighted by Crippen LogP contribution is -2.15. The van der Waals surface area contributed by atoms with Crippen LogP contribution in [0.2, 0.25) is 0 Å². The van der Waals surface area contributed by atoms with Gasteiger partial charge < -0.3 is 0 Å². The van der Waals surface area contributed by atoms with E-state index in [1.165, 1.54) is 75.5 Å². The van der Waals surface area contributed by atoms with Crippen LogP contribution in [0, 0.1) is 23.5 Å². The maximum absolute atomic E-state index is 13.4. The fraction of sp³-hybridized carbons (Fsp3) is 0.500. The topological polar surface area (TPSA) is 0 Å². The fourth-order valence-corrected chi connectivity index (χ4v) is 5.07. The first kappa shape index (κ1) is 17.7. The molecular weight excluding hydrogens is 326 g/mol. The molecule has 0 radical (unpaired) electrons. The van der Waals surface area contributed by atoms with Crippen molar-refractivity contribution in [2.75, 3.05) is 0 Å². The highest BCUT2D eigenvalue weighted by Gasteiger charge is 2.26. The molecule has 0 nitrogen and oxygen atoms in total. The molecule has 0 aliphatic heterocycles. The Bertz CT molecular complexity index is 720. The van der Waals surface area contributed by atoms with Gasteiger partial charge in [-0.3, -0.25) is 0 Å². The van der Waals surface area contributed by atoms with Gasteiger partial charge in [0, 0.05) is 0 Å². The highest BCUT2D eigenvalue weighted by atomic mass is 19.2. The van der Waals surface area contributed by atoms with Gasteiger partial charge in [-0.1, -0.05) is 56.0 Å². The fourth-order valence-electron chi connectivity index (χ4n) is 5.07. The predicted molar refractivity (Wildman–Crippen MR) is 103 cm³/mol. The SMILES string of the molecule is Fc1ccc(-c2ccc([C@H]3CC[C@H](CC4CCCC4)CC3)cc2)cc1F. The Balaban J connectivity index is 1.36. The first-order valence-electron chi connectivity index (χ1n) is 10.2. The lowest BCUT2D eigenvalue weighted by Gasteiger charge is -2.30. The molecule has 0 atom stereocenters. The number of hydrogen-bond acceptors (Lipinski definition) is 0. The zero-order chi connectivity index (χ0) is 17.9. The Morgan fingerprint density at radius 2 is 1.27 bits per heavy atom. The van der Waals surface area contributed by atoms with Crippen LogP contribution in [-0.2, 0) is 0 Å². The van der Waals surface area contributed by atoms with Crippen LogP contribution < -0.4 is 0 Å². The summed E-state index contributed by atoms with van der Waals surface area (Å²) in [5, 5.41) is 0. The molecule has 0 amide bonds. The van der Waals surface area contributed by atoms with Crippen molar-refractivity contribution in [3.05, 3.63) is 59.7 Å². The normalized spacial score (nSPS) is 24.1. The quantitative estimate of drug-likeness (QED) is 0.533. The molecule has 4 rings (SSSR count). The van der Waals surface area contributed by atoms with Crippen molar-refractivity contribution < 1.29 is 8.78 Å². The van der Waals surface area contributed by atoms with Gasteiger partial charge in [0.2, 0.25) is 0 Å². The Hall–Kier alpha value is -1.70. The Morgan fingerprint density at radius 3 is 1.92 bits per heavy atom. The summed E-state index contributed by atoms with van der Waals surface area (Å²) in [7, 11) is 0. The van der Waals surface area contributed by atoms with Gasteiger partial charge in [0.25, 0.3) is 0 Å². The Morgan fingerprint density at radius 1 is 0.654 bits per heavy atom. The van der Waals surface area contributed by atoms with Crippen LogP contribution >= 0.6 is 0 Å². The molecule has 2 aromatic carbocycles. The average Bonchev–Trinajstić information content (AvgIpc) is 3.18. The van der Waals surface area contributed by atoms with Crippen molar-refractivity contribution in [3.63, 3.8) is 0 Å². The van der Waals surface area contributed by atoms with E-state index in [-0.39, 0.29) is 0 Å². The minimum absolute atomic E-state index is 0.661. The molecule has 2 fully saturated rings. The molecule has 26 heavy (non-hydrogen) atoms. The second-order valence-corrected chi connectivity index (χ2v) is 8.35. The molecule has 2 saturated carbocycles. The maximum Gasteiger partial charge on any atom is 0.159 e. The van der Waals surface area contributed by atoms with E-state index < -0.39 is 11.6 Å². The molecule has 0 heterocycles. The number of halogens is 2. The van der Waals surface area contributed by atoms with Crippen LogP contribution in [0.3, 0.4) is 0 Å². The lowest BCUT2D eigenvalue weighted by atomic mass is 9.75. The third-order valence-corrected chi connectivity index (χ3v) is 6.62. The third-order valence-electron chi connectivity index (χ3n) is 6.62. The van der Waals surface area contributed by atoms with Crippen molar-refractivity contribution in [3.8, 4) is 11.1 Å². The lowest BCUT2D eigenvalue weighted by molar-refractivity contribution is 0.270. The zero-order valence-corrected chi connectivity index (χ0v) is 15.4. The van der Waals surface area contributed by atoms with Crippen LogP contribution in [0.15, 0.2) is 42.5 Å². The van der Waals surface area contributed by atoms with Gasteiger partial charge in [0.05, 0.1) is 0 Å². The van der Waals surface area contributed by atoms with Crippen molar-refractivity contribution in [2.24, 2.45) is 11.8 Å². The van der Waals surface area contributed by atoms with E-state index in [9.17, 15) is 8.78 Å². The summed E-state index contributed by atoms with van der Waals surface area (Å²) >= 11 is 0. The monoisotopic (exact) mass is 354 g/mol. The molecule has 2 aromatic rings. The molecule has 0 N–H and O–H groups in total. The molecule has 0 saturated heterocycles. The summed E-state index contributed by atoms with van der Waals surface area (Å²) in [5.41, 5.74) is 3.08. The van der Waals surface area contributed by atoms with Gasteiger partial charge in [-0.25, -0.2) is 8.78 Å². The van der Waals surface area contributed by atoms with Gasteiger partial charge in [-0.2, -0.15) is 0 Å². The predicted octanol–water partition coefficient (Wildman–Crippen LogP) is 7.49. The van der Waals surface area contributed by atoms with E-state index >= 15 is 0 Å². The smallest absolute Gasteiger partial charge is 0.159 e. The van der Waals surface area contributed by atoms with Crippen molar-refractivity contribution in [2.45, 2.75) is 63.7 Å². The van der Waals surface area contributed by atoms with Crippen LogP contribution in [0.1, 0.15) is 69.3 Å². The Kier molecular flexibility index (Phi) is 5.38. The second kappa shape index (κ2) is 7.90. The second-order valence-electron chi connectivity index (χ2n) is 8.35. The summed E-state index contributed by atoms with van der Waals surface area (Å²) in [6.45, 7) is 0. The number of rotatable bonds is 4. The first-order chi connectivity index (χ1) is 12.7. The molecule has 138 valence electrons. The highest BCUT2D eigenvalue weighted by Crippen LogP contribution is 2.41. The largest absolute Gasteiger partial charge is 0.204 e. The van der Waals surface area contributed by atoms with Crippen molar-refractivity contribution >= 4 is 0 Å². The molecule has 0 bridgehead atoms. The van der Waals surface area contributed by atoms with Gasteiger partial charge in [-0.15, -0.1) is 0 Å². The van der Waals surface area contributed by atoms with E-state index in [2.05, 4.69) is 12.1 Å². The van der Waals surface area contributed by atoms with Crippen LogP contribution in [-0.4, -0.2) is 0 Å². The van der Waals surface area contributed by atoms with Gasteiger partial charge in [-0.05, 0) is 78.7 Å². The van der Waals surface area contributed by atoms with Gasteiger partial charge >= 0.3 is 0 Å². The zero-order valence-electron chi connectivity index (χ0n) is 15.4. The third kappa shape index (κ3) is 4.00. The molecule has 2 heteroatoms. The minimum atomic E-state index is -0.792. The Labute approximate surface area is 155 Å². The molecule has 0 unspecified atom stereocenters. The van der Waals surface area contributed by atoms with Crippen molar-refractivity contribution in [1.82, 2.24) is 0 Å². The van der Waals surface area contributed by atoms with Gasteiger partial charge in [0.1, 0.15) is 0 Å². The molecule has 2 aliphatic carbocycles. The first-order valence-corrected chi connectivity index (χ1v) is 10.2. The van der Waals surface area contributed by atoms with Crippen molar-refractivity contribution in [1.29, 1.82) is 0 Å². The standard InChI is InChI=1S/C24H28F2/c25-23-14-13-22(16-24(23)26)21-11-9-20(10-12-21)19-7-5-18(6-8-19)15-17-3-1-2-4-17/h9-14,16-19H,1-8,15H2/t18-,19-.